The van der Waals surface area contributed by atoms with Crippen molar-refractivity contribution in [3.63, 3.8) is 0 Å². The van der Waals surface area contributed by atoms with E-state index in [1.54, 1.807) is 23.9 Å². The molecule has 14 heteroatoms. The summed E-state index contributed by atoms with van der Waals surface area (Å²) in [5.41, 5.74) is 2.90. The molecule has 4 aliphatic heterocycles. The van der Waals surface area contributed by atoms with E-state index in [-0.39, 0.29) is 21.1 Å². The fourth-order valence-electron chi connectivity index (χ4n) is 8.42. The van der Waals surface area contributed by atoms with Gasteiger partial charge in [-0.2, -0.15) is 0 Å². The number of hydrazine groups is 1. The van der Waals surface area contributed by atoms with Gasteiger partial charge in [0, 0.05) is 9.75 Å². The number of rotatable bonds is 6. The molecule has 4 aliphatic rings. The number of carbonyl (C=O) groups excluding carboxylic acids is 6. The minimum atomic E-state index is -1.10. The number of anilines is 2. The lowest BCUT2D eigenvalue weighted by atomic mass is 9.84. The summed E-state index contributed by atoms with van der Waals surface area (Å²) >= 11 is 2.34. The first kappa shape index (κ1) is 34.1. The largest absolute Gasteiger partial charge is 0.465 e. The third-order valence-corrected chi connectivity index (χ3v) is 13.3. The van der Waals surface area contributed by atoms with Crippen LogP contribution in [0.3, 0.4) is 0 Å². The fourth-order valence-corrected chi connectivity index (χ4v) is 10.7. The monoisotopic (exact) mass is 738 g/mol. The third kappa shape index (κ3) is 4.50. The van der Waals surface area contributed by atoms with Gasteiger partial charge in [-0.3, -0.25) is 19.2 Å². The predicted octanol–water partition coefficient (Wildman–Crippen LogP) is 5.06. The van der Waals surface area contributed by atoms with E-state index in [4.69, 9.17) is 9.47 Å². The van der Waals surface area contributed by atoms with Crippen LogP contribution in [0.1, 0.15) is 64.8 Å². The van der Waals surface area contributed by atoms with Crippen LogP contribution in [0.25, 0.3) is 0 Å². The van der Waals surface area contributed by atoms with Crippen molar-refractivity contribution in [2.45, 2.75) is 51.9 Å². The van der Waals surface area contributed by atoms with Crippen LogP contribution in [0, 0.1) is 39.5 Å². The average molecular weight is 739 g/mol. The fraction of sp³-hybridized carbons (Fsp3) is 0.316. The Bertz CT molecular complexity index is 2060. The molecule has 0 saturated carbocycles. The molecule has 0 unspecified atom stereocenters. The highest BCUT2D eigenvalue weighted by atomic mass is 32.1. The summed E-state index contributed by atoms with van der Waals surface area (Å²) in [4.78, 5) is 89.3. The van der Waals surface area contributed by atoms with Crippen molar-refractivity contribution >= 4 is 68.2 Å². The van der Waals surface area contributed by atoms with Crippen LogP contribution in [-0.2, 0) is 28.7 Å². The van der Waals surface area contributed by atoms with E-state index in [0.717, 1.165) is 19.6 Å². The SMILES string of the molecule is COC(=O)c1c(N2C(=O)[C@@H]3[C@@H](C2=O)N2[C@@H](c4ccccc4)[C@H]4C(=O)N(c5sc(C)c(C)c5C(=O)OC)C(=O)[C@@H]4N2[C@H]3c2ccccc2)sc(C)c1C. The van der Waals surface area contributed by atoms with E-state index in [1.165, 1.54) is 36.9 Å². The van der Waals surface area contributed by atoms with Crippen LogP contribution in [0.4, 0.5) is 10.0 Å². The Balaban J connectivity index is 1.33. The van der Waals surface area contributed by atoms with Crippen LogP contribution in [-0.4, -0.2) is 71.9 Å². The first-order chi connectivity index (χ1) is 24.9. The zero-order chi connectivity index (χ0) is 36.9. The number of methoxy groups -OCH3 is 2. The highest BCUT2D eigenvalue weighted by molar-refractivity contribution is 7.17. The van der Waals surface area contributed by atoms with Gasteiger partial charge in [-0.15, -0.1) is 22.7 Å². The quantitative estimate of drug-likeness (QED) is 0.195. The number of nitrogens with zero attached hydrogens (tertiary/aromatic N) is 4. The number of ether oxygens (including phenoxy) is 2. The zero-order valence-corrected chi connectivity index (χ0v) is 30.7. The molecular formula is C38H34N4O8S2. The Morgan fingerprint density at radius 3 is 1.21 bits per heavy atom. The van der Waals surface area contributed by atoms with Crippen molar-refractivity contribution in [1.29, 1.82) is 0 Å². The number of amides is 4. The first-order valence-corrected chi connectivity index (χ1v) is 18.4. The van der Waals surface area contributed by atoms with Gasteiger partial charge >= 0.3 is 11.9 Å². The number of hydrogen-bond donors (Lipinski definition) is 0. The summed E-state index contributed by atoms with van der Waals surface area (Å²) in [6, 6.07) is 14.5. The Morgan fingerprint density at radius 1 is 0.538 bits per heavy atom. The number of carbonyl (C=O) groups is 6. The van der Waals surface area contributed by atoms with Gasteiger partial charge in [0.1, 0.15) is 22.1 Å². The van der Waals surface area contributed by atoms with Crippen molar-refractivity contribution in [3.05, 3.63) is 104 Å². The maximum atomic E-state index is 14.9. The summed E-state index contributed by atoms with van der Waals surface area (Å²) in [6.45, 7) is 7.13. The maximum Gasteiger partial charge on any atom is 0.341 e. The van der Waals surface area contributed by atoms with E-state index in [2.05, 4.69) is 0 Å². The summed E-state index contributed by atoms with van der Waals surface area (Å²) in [7, 11) is 2.50. The summed E-state index contributed by atoms with van der Waals surface area (Å²) < 4.78 is 10.2. The van der Waals surface area contributed by atoms with E-state index in [0.29, 0.717) is 22.3 Å². The molecule has 8 rings (SSSR count). The molecule has 52 heavy (non-hydrogen) atoms. The van der Waals surface area contributed by atoms with Crippen LogP contribution < -0.4 is 9.80 Å². The Morgan fingerprint density at radius 2 is 0.885 bits per heavy atom. The van der Waals surface area contributed by atoms with Crippen molar-refractivity contribution < 1.29 is 38.2 Å². The maximum absolute atomic E-state index is 14.9. The molecule has 6 atom stereocenters. The number of thiophene rings is 2. The van der Waals surface area contributed by atoms with Crippen LogP contribution in [0.5, 0.6) is 0 Å². The lowest BCUT2D eigenvalue weighted by Crippen LogP contribution is -2.50. The minimum Gasteiger partial charge on any atom is -0.465 e. The lowest BCUT2D eigenvalue weighted by Gasteiger charge is -2.35. The number of imide groups is 2. The molecule has 6 heterocycles. The molecule has 0 aliphatic carbocycles. The van der Waals surface area contributed by atoms with Gasteiger partial charge in [-0.05, 0) is 49.9 Å². The second-order valence-corrected chi connectivity index (χ2v) is 15.8. The molecule has 266 valence electrons. The van der Waals surface area contributed by atoms with Gasteiger partial charge in [0.15, 0.2) is 0 Å². The van der Waals surface area contributed by atoms with E-state index >= 15 is 0 Å². The summed E-state index contributed by atoms with van der Waals surface area (Å²) in [6.07, 6.45) is 0. The van der Waals surface area contributed by atoms with Crippen LogP contribution in [0.15, 0.2) is 60.7 Å². The lowest BCUT2D eigenvalue weighted by molar-refractivity contribution is -0.135. The molecule has 4 amide bonds. The van der Waals surface area contributed by atoms with Crippen LogP contribution in [0.2, 0.25) is 0 Å². The Kier molecular flexibility index (Phi) is 8.06. The van der Waals surface area contributed by atoms with Gasteiger partial charge in [-0.25, -0.2) is 29.4 Å². The van der Waals surface area contributed by atoms with Gasteiger partial charge in [0.25, 0.3) is 11.8 Å². The van der Waals surface area contributed by atoms with E-state index in [1.807, 2.05) is 74.5 Å². The topological polar surface area (TPSA) is 134 Å². The second kappa shape index (κ2) is 12.3. The van der Waals surface area contributed by atoms with Crippen molar-refractivity contribution in [3.8, 4) is 0 Å². The standard InChI is InChI=1S/C38H34N4O8S2/c1-17-19(3)51-35(23(17)37(47)49-5)39-31(43)25-27(21-13-9-7-10-14-21)42-30-26(28(22-15-11-8-12-16-22)41(42)29(25)33(39)45)32(44)40(34(30)46)36-24(38(48)50-6)18(2)20(4)52-36/h7-16,25-30H,1-6H3/t25-,26+,27-,28-,29-,30+/m0/s1. The molecule has 4 saturated heterocycles. The van der Waals surface area contributed by atoms with Gasteiger partial charge in [0.2, 0.25) is 11.8 Å². The smallest absolute Gasteiger partial charge is 0.341 e. The van der Waals surface area contributed by atoms with E-state index < -0.39 is 71.6 Å². The number of aryl methyl sites for hydroxylation is 2. The van der Waals surface area contributed by atoms with E-state index in [9.17, 15) is 28.8 Å². The molecule has 4 aromatic rings. The predicted molar refractivity (Wildman–Crippen MR) is 192 cm³/mol. The number of esters is 2. The minimum absolute atomic E-state index is 0.154. The molecule has 12 nitrogen and oxygen atoms in total. The van der Waals surface area contributed by atoms with Crippen LogP contribution >= 0.6 is 22.7 Å². The molecule has 2 aromatic heterocycles. The Labute approximate surface area is 307 Å². The number of benzene rings is 2. The van der Waals surface area contributed by atoms with Gasteiger partial charge < -0.3 is 9.47 Å². The molecular weight excluding hydrogens is 705 g/mol. The molecule has 0 spiro atoms. The van der Waals surface area contributed by atoms with Crippen molar-refractivity contribution in [2.75, 3.05) is 24.0 Å². The van der Waals surface area contributed by atoms with Gasteiger partial charge in [-0.1, -0.05) is 60.7 Å². The number of hydrogen-bond acceptors (Lipinski definition) is 12. The molecule has 0 bridgehead atoms. The summed E-state index contributed by atoms with van der Waals surface area (Å²) in [5, 5.41) is 3.93. The normalized spacial score (nSPS) is 25.6. The molecule has 4 fully saturated rings. The van der Waals surface area contributed by atoms with Crippen molar-refractivity contribution in [2.24, 2.45) is 11.8 Å². The van der Waals surface area contributed by atoms with Crippen molar-refractivity contribution in [1.82, 2.24) is 10.0 Å². The average Bonchev–Trinajstić information content (AvgIpc) is 3.93. The molecule has 0 N–H and O–H groups in total. The zero-order valence-electron chi connectivity index (χ0n) is 29.1. The second-order valence-electron chi connectivity index (χ2n) is 13.3. The summed E-state index contributed by atoms with van der Waals surface area (Å²) in [5.74, 6) is -5.45. The highest BCUT2D eigenvalue weighted by Gasteiger charge is 2.74. The highest BCUT2D eigenvalue weighted by Crippen LogP contribution is 2.60. The first-order valence-electron chi connectivity index (χ1n) is 16.7. The molecule has 2 aromatic carbocycles. The van der Waals surface area contributed by atoms with Gasteiger partial charge in [0.05, 0.1) is 49.3 Å². The third-order valence-electron chi connectivity index (χ3n) is 10.9. The Hall–Kier alpha value is -5.02. The number of fused-ring (bicyclic) bond motifs is 5. The molecule has 0 radical (unpaired) electrons.